The number of benzene rings is 2. The van der Waals surface area contributed by atoms with Crippen LogP contribution in [0.4, 0.5) is 0 Å². The van der Waals surface area contributed by atoms with Crippen LogP contribution in [0.5, 0.6) is 5.75 Å². The third kappa shape index (κ3) is 2.03. The first-order valence-corrected chi connectivity index (χ1v) is 6.47. The van der Waals surface area contributed by atoms with Gasteiger partial charge in [-0.15, -0.1) is 0 Å². The van der Waals surface area contributed by atoms with Gasteiger partial charge < -0.3 is 4.74 Å². The minimum atomic E-state index is -0.572. The predicted molar refractivity (Wildman–Crippen MR) is 74.5 cm³/mol. The van der Waals surface area contributed by atoms with Gasteiger partial charge in [0.25, 0.3) is 0 Å². The Morgan fingerprint density at radius 2 is 1.89 bits per heavy atom. The highest BCUT2D eigenvalue weighted by Crippen LogP contribution is 2.39. The van der Waals surface area contributed by atoms with Crippen molar-refractivity contribution in [2.75, 3.05) is 0 Å². The van der Waals surface area contributed by atoms with Gasteiger partial charge >= 0.3 is 0 Å². The number of para-hydroxylation sites is 1. The van der Waals surface area contributed by atoms with Crippen LogP contribution in [0.3, 0.4) is 0 Å². The van der Waals surface area contributed by atoms with Crippen LogP contribution in [0, 0.1) is 6.92 Å². The van der Waals surface area contributed by atoms with Crippen molar-refractivity contribution >= 4 is 5.78 Å². The van der Waals surface area contributed by atoms with E-state index in [1.807, 2.05) is 56.3 Å². The lowest BCUT2D eigenvalue weighted by molar-refractivity contribution is 0.0503. The SMILES string of the molecule is Cc1cccc(C2(C)CC(=O)c3ccccc3O2)c1. The van der Waals surface area contributed by atoms with Crippen molar-refractivity contribution in [3.8, 4) is 5.75 Å². The molecular weight excluding hydrogens is 236 g/mol. The number of ether oxygens (including phenoxy) is 1. The Bertz CT molecular complexity index is 645. The molecule has 96 valence electrons. The van der Waals surface area contributed by atoms with Crippen LogP contribution in [0.1, 0.15) is 34.8 Å². The fourth-order valence-electron chi connectivity index (χ4n) is 2.60. The Hall–Kier alpha value is -2.09. The minimum absolute atomic E-state index is 0.144. The molecule has 0 fully saturated rings. The second kappa shape index (κ2) is 4.23. The van der Waals surface area contributed by atoms with Crippen LogP contribution >= 0.6 is 0 Å². The van der Waals surface area contributed by atoms with Crippen molar-refractivity contribution in [1.82, 2.24) is 0 Å². The third-order valence-corrected chi connectivity index (χ3v) is 3.65. The molecule has 0 amide bonds. The van der Waals surface area contributed by atoms with E-state index in [-0.39, 0.29) is 5.78 Å². The Labute approximate surface area is 113 Å². The maximum absolute atomic E-state index is 12.3. The number of fused-ring (bicyclic) bond motifs is 1. The van der Waals surface area contributed by atoms with Gasteiger partial charge in [-0.25, -0.2) is 0 Å². The topological polar surface area (TPSA) is 26.3 Å². The molecule has 1 atom stereocenters. The van der Waals surface area contributed by atoms with Crippen molar-refractivity contribution in [1.29, 1.82) is 0 Å². The molecule has 2 aromatic rings. The number of carbonyl (C=O) groups is 1. The second-order valence-electron chi connectivity index (χ2n) is 5.30. The molecule has 3 rings (SSSR count). The van der Waals surface area contributed by atoms with E-state index in [9.17, 15) is 4.79 Å². The molecule has 2 aromatic carbocycles. The van der Waals surface area contributed by atoms with Gasteiger partial charge in [-0.05, 0) is 31.5 Å². The lowest BCUT2D eigenvalue weighted by Gasteiger charge is -2.35. The molecule has 1 aliphatic heterocycles. The summed E-state index contributed by atoms with van der Waals surface area (Å²) in [4.78, 5) is 12.3. The largest absolute Gasteiger partial charge is 0.482 e. The summed E-state index contributed by atoms with van der Waals surface area (Å²) in [5.74, 6) is 0.827. The second-order valence-corrected chi connectivity index (χ2v) is 5.30. The standard InChI is InChI=1S/C17H16O2/c1-12-6-5-7-13(10-12)17(2)11-15(18)14-8-3-4-9-16(14)19-17/h3-10H,11H2,1-2H3. The molecule has 2 nitrogen and oxygen atoms in total. The van der Waals surface area contributed by atoms with E-state index >= 15 is 0 Å². The average molecular weight is 252 g/mol. The molecule has 0 saturated carbocycles. The molecule has 0 aliphatic carbocycles. The molecule has 0 bridgehead atoms. The number of hydrogen-bond donors (Lipinski definition) is 0. The number of Topliss-reactive ketones (excluding diaryl/α,β-unsaturated/α-hetero) is 1. The zero-order valence-corrected chi connectivity index (χ0v) is 11.1. The normalized spacial score (nSPS) is 21.7. The Balaban J connectivity index is 2.06. The number of hydrogen-bond acceptors (Lipinski definition) is 2. The lowest BCUT2D eigenvalue weighted by Crippen LogP contribution is -2.36. The van der Waals surface area contributed by atoms with Crippen molar-refractivity contribution in [2.24, 2.45) is 0 Å². The molecule has 2 heteroatoms. The number of carbonyl (C=O) groups excluding carboxylic acids is 1. The van der Waals surface area contributed by atoms with Crippen LogP contribution in [-0.2, 0) is 5.60 Å². The molecule has 0 N–H and O–H groups in total. The molecule has 1 aliphatic rings. The van der Waals surface area contributed by atoms with Crippen molar-refractivity contribution in [3.05, 3.63) is 65.2 Å². The van der Waals surface area contributed by atoms with Gasteiger partial charge in [0.1, 0.15) is 11.4 Å². The van der Waals surface area contributed by atoms with Gasteiger partial charge in [0, 0.05) is 0 Å². The summed E-state index contributed by atoms with van der Waals surface area (Å²) in [6.45, 7) is 4.03. The summed E-state index contributed by atoms with van der Waals surface area (Å²) in [5.41, 5.74) is 2.34. The van der Waals surface area contributed by atoms with Crippen LogP contribution in [-0.4, -0.2) is 5.78 Å². The first-order valence-electron chi connectivity index (χ1n) is 6.47. The molecule has 0 saturated heterocycles. The summed E-state index contributed by atoms with van der Waals surface area (Å²) >= 11 is 0. The number of rotatable bonds is 1. The molecule has 1 heterocycles. The first-order chi connectivity index (χ1) is 9.08. The predicted octanol–water partition coefficient (Wildman–Crippen LogP) is 3.88. The fourth-order valence-corrected chi connectivity index (χ4v) is 2.60. The maximum atomic E-state index is 12.3. The Morgan fingerprint density at radius 1 is 1.11 bits per heavy atom. The highest BCUT2D eigenvalue weighted by atomic mass is 16.5. The van der Waals surface area contributed by atoms with E-state index in [1.54, 1.807) is 0 Å². The van der Waals surface area contributed by atoms with E-state index in [0.717, 1.165) is 5.56 Å². The maximum Gasteiger partial charge on any atom is 0.170 e. The summed E-state index contributed by atoms with van der Waals surface area (Å²) in [7, 11) is 0. The van der Waals surface area contributed by atoms with E-state index in [4.69, 9.17) is 4.74 Å². The van der Waals surface area contributed by atoms with E-state index < -0.39 is 5.60 Å². The summed E-state index contributed by atoms with van der Waals surface area (Å²) in [5, 5.41) is 0. The van der Waals surface area contributed by atoms with Crippen molar-refractivity contribution in [3.63, 3.8) is 0 Å². The number of aryl methyl sites for hydroxylation is 1. The molecule has 0 spiro atoms. The zero-order chi connectivity index (χ0) is 13.5. The minimum Gasteiger partial charge on any atom is -0.482 e. The van der Waals surface area contributed by atoms with Crippen LogP contribution < -0.4 is 4.74 Å². The summed E-state index contributed by atoms with van der Waals surface area (Å²) in [6.07, 6.45) is 0.382. The van der Waals surface area contributed by atoms with E-state index in [1.165, 1.54) is 5.56 Å². The average Bonchev–Trinajstić information content (AvgIpc) is 2.38. The van der Waals surface area contributed by atoms with Gasteiger partial charge in [0.15, 0.2) is 5.78 Å². The summed E-state index contributed by atoms with van der Waals surface area (Å²) < 4.78 is 6.11. The van der Waals surface area contributed by atoms with Gasteiger partial charge in [0.2, 0.25) is 0 Å². The van der Waals surface area contributed by atoms with Gasteiger partial charge in [-0.3, -0.25) is 4.79 Å². The quantitative estimate of drug-likeness (QED) is 0.770. The van der Waals surface area contributed by atoms with Crippen LogP contribution in [0.15, 0.2) is 48.5 Å². The highest BCUT2D eigenvalue weighted by molar-refractivity contribution is 6.00. The van der Waals surface area contributed by atoms with Crippen molar-refractivity contribution < 1.29 is 9.53 Å². The first kappa shape index (κ1) is 12.0. The van der Waals surface area contributed by atoms with Gasteiger partial charge in [-0.1, -0.05) is 42.0 Å². The highest BCUT2D eigenvalue weighted by Gasteiger charge is 2.37. The van der Waals surface area contributed by atoms with Crippen LogP contribution in [0.25, 0.3) is 0 Å². The zero-order valence-electron chi connectivity index (χ0n) is 11.1. The van der Waals surface area contributed by atoms with Gasteiger partial charge in [0.05, 0.1) is 12.0 Å². The smallest absolute Gasteiger partial charge is 0.170 e. The molecule has 1 unspecified atom stereocenters. The van der Waals surface area contributed by atoms with E-state index in [0.29, 0.717) is 17.7 Å². The monoisotopic (exact) mass is 252 g/mol. The van der Waals surface area contributed by atoms with Gasteiger partial charge in [-0.2, -0.15) is 0 Å². The Kier molecular flexibility index (Phi) is 2.67. The molecule has 0 radical (unpaired) electrons. The van der Waals surface area contributed by atoms with Crippen molar-refractivity contribution in [2.45, 2.75) is 25.9 Å². The molecule has 0 aromatic heterocycles. The fraction of sp³-hybridized carbons (Fsp3) is 0.235. The molecular formula is C17H16O2. The summed E-state index contributed by atoms with van der Waals surface area (Å²) in [6, 6.07) is 15.6. The lowest BCUT2D eigenvalue weighted by atomic mass is 9.85. The molecule has 19 heavy (non-hydrogen) atoms. The Morgan fingerprint density at radius 3 is 2.68 bits per heavy atom. The van der Waals surface area contributed by atoms with E-state index in [2.05, 4.69) is 6.07 Å². The van der Waals surface area contributed by atoms with Crippen LogP contribution in [0.2, 0.25) is 0 Å². The number of ketones is 1. The third-order valence-electron chi connectivity index (χ3n) is 3.65.